The number of aromatic nitrogens is 1. The Balaban J connectivity index is 1.85. The Labute approximate surface area is 148 Å². The third-order valence-electron chi connectivity index (χ3n) is 5.26. The van der Waals surface area contributed by atoms with Crippen molar-refractivity contribution in [3.05, 3.63) is 70.4 Å². The number of carbonyl (C=O) groups excluding carboxylic acids is 1. The van der Waals surface area contributed by atoms with Crippen LogP contribution in [0.2, 0.25) is 0 Å². The molecule has 4 rings (SSSR count). The molecule has 0 fully saturated rings. The van der Waals surface area contributed by atoms with Gasteiger partial charge in [0.2, 0.25) is 0 Å². The summed E-state index contributed by atoms with van der Waals surface area (Å²) < 4.78 is 7.34. The van der Waals surface area contributed by atoms with E-state index >= 15 is 0 Å². The molecule has 0 saturated heterocycles. The fourth-order valence-corrected chi connectivity index (χ4v) is 3.94. The number of rotatable bonds is 3. The zero-order valence-electron chi connectivity index (χ0n) is 14.8. The van der Waals surface area contributed by atoms with E-state index in [4.69, 9.17) is 4.74 Å². The van der Waals surface area contributed by atoms with Gasteiger partial charge in [-0.15, -0.1) is 0 Å². The second-order valence-corrected chi connectivity index (χ2v) is 6.93. The van der Waals surface area contributed by atoms with E-state index in [9.17, 15) is 4.79 Å². The van der Waals surface area contributed by atoms with E-state index in [2.05, 4.69) is 41.8 Å². The number of nitrogens with zero attached hydrogens (tertiary/aromatic N) is 1. The van der Waals surface area contributed by atoms with Gasteiger partial charge in [0.25, 0.3) is 0 Å². The lowest BCUT2D eigenvalue weighted by atomic mass is 9.95. The monoisotopic (exact) mass is 333 g/mol. The SMILES string of the molecule is COC(=O)c1ccc2c(c1)c1c(n2Cc2ccc(C)cc2)CCCC1. The molecule has 3 nitrogen and oxygen atoms in total. The zero-order chi connectivity index (χ0) is 17.4. The quantitative estimate of drug-likeness (QED) is 0.653. The lowest BCUT2D eigenvalue weighted by Crippen LogP contribution is -2.09. The highest BCUT2D eigenvalue weighted by molar-refractivity contribution is 5.96. The second-order valence-electron chi connectivity index (χ2n) is 6.93. The number of ether oxygens (including phenoxy) is 1. The van der Waals surface area contributed by atoms with E-state index in [1.165, 1.54) is 53.2 Å². The predicted molar refractivity (Wildman–Crippen MR) is 100 cm³/mol. The Kier molecular flexibility index (Phi) is 4.08. The maximum Gasteiger partial charge on any atom is 0.337 e. The van der Waals surface area contributed by atoms with Crippen LogP contribution < -0.4 is 0 Å². The van der Waals surface area contributed by atoms with Gasteiger partial charge in [-0.25, -0.2) is 4.79 Å². The van der Waals surface area contributed by atoms with Crippen molar-refractivity contribution < 1.29 is 9.53 Å². The van der Waals surface area contributed by atoms with Crippen molar-refractivity contribution in [2.75, 3.05) is 7.11 Å². The van der Waals surface area contributed by atoms with Gasteiger partial charge in [-0.3, -0.25) is 0 Å². The number of hydrogen-bond acceptors (Lipinski definition) is 2. The van der Waals surface area contributed by atoms with E-state index in [0.29, 0.717) is 5.56 Å². The number of methoxy groups -OCH3 is 1. The average molecular weight is 333 g/mol. The summed E-state index contributed by atoms with van der Waals surface area (Å²) in [5.74, 6) is -0.266. The van der Waals surface area contributed by atoms with E-state index in [1.54, 1.807) is 0 Å². The van der Waals surface area contributed by atoms with E-state index < -0.39 is 0 Å². The van der Waals surface area contributed by atoms with Crippen LogP contribution in [0.15, 0.2) is 42.5 Å². The molecule has 0 radical (unpaired) electrons. The minimum Gasteiger partial charge on any atom is -0.465 e. The Hall–Kier alpha value is -2.55. The second kappa shape index (κ2) is 6.40. The summed E-state index contributed by atoms with van der Waals surface area (Å²) in [6, 6.07) is 14.7. The van der Waals surface area contributed by atoms with Crippen LogP contribution in [0.5, 0.6) is 0 Å². The summed E-state index contributed by atoms with van der Waals surface area (Å²) >= 11 is 0. The van der Waals surface area contributed by atoms with Gasteiger partial charge in [0.15, 0.2) is 0 Å². The van der Waals surface area contributed by atoms with Crippen molar-refractivity contribution in [3.63, 3.8) is 0 Å². The third-order valence-corrected chi connectivity index (χ3v) is 5.26. The summed E-state index contributed by atoms with van der Waals surface area (Å²) in [6.07, 6.45) is 4.67. The van der Waals surface area contributed by atoms with Crippen LogP contribution in [0.1, 0.15) is 45.6 Å². The number of fused-ring (bicyclic) bond motifs is 3. The normalized spacial score (nSPS) is 13.7. The van der Waals surface area contributed by atoms with Crippen molar-refractivity contribution in [3.8, 4) is 0 Å². The molecule has 0 spiro atoms. The third kappa shape index (κ3) is 2.84. The van der Waals surface area contributed by atoms with Crippen LogP contribution in [-0.2, 0) is 24.1 Å². The maximum absolute atomic E-state index is 11.9. The zero-order valence-corrected chi connectivity index (χ0v) is 14.8. The van der Waals surface area contributed by atoms with Gasteiger partial charge in [0, 0.05) is 23.1 Å². The molecule has 1 aliphatic rings. The van der Waals surface area contributed by atoms with Crippen molar-refractivity contribution in [2.24, 2.45) is 0 Å². The van der Waals surface area contributed by atoms with E-state index in [0.717, 1.165) is 19.4 Å². The van der Waals surface area contributed by atoms with Crippen molar-refractivity contribution in [1.82, 2.24) is 4.57 Å². The molecule has 0 saturated carbocycles. The minimum atomic E-state index is -0.266. The molecule has 0 aliphatic heterocycles. The van der Waals surface area contributed by atoms with Gasteiger partial charge < -0.3 is 9.30 Å². The number of aryl methyl sites for hydroxylation is 2. The Morgan fingerprint density at radius 1 is 1.08 bits per heavy atom. The Bertz CT molecular complexity index is 935. The lowest BCUT2D eigenvalue weighted by Gasteiger charge is -2.16. The highest BCUT2D eigenvalue weighted by atomic mass is 16.5. The standard InChI is InChI=1S/C22H23NO2/c1-15-7-9-16(10-8-15)14-23-20-6-4-3-5-18(20)19-13-17(22(24)25-2)11-12-21(19)23/h7-13H,3-6,14H2,1-2H3. The molecule has 128 valence electrons. The van der Waals surface area contributed by atoms with Gasteiger partial charge >= 0.3 is 5.97 Å². The maximum atomic E-state index is 11.9. The van der Waals surface area contributed by atoms with Crippen LogP contribution in [-0.4, -0.2) is 17.6 Å². The topological polar surface area (TPSA) is 31.2 Å². The summed E-state index contributed by atoms with van der Waals surface area (Å²) in [4.78, 5) is 11.9. The molecule has 1 aromatic heterocycles. The lowest BCUT2D eigenvalue weighted by molar-refractivity contribution is 0.0601. The molecule has 0 atom stereocenters. The Morgan fingerprint density at radius 2 is 1.84 bits per heavy atom. The van der Waals surface area contributed by atoms with Crippen molar-refractivity contribution >= 4 is 16.9 Å². The first-order chi connectivity index (χ1) is 12.2. The Morgan fingerprint density at radius 3 is 2.60 bits per heavy atom. The number of hydrogen-bond donors (Lipinski definition) is 0. The van der Waals surface area contributed by atoms with E-state index in [-0.39, 0.29) is 5.97 Å². The summed E-state index contributed by atoms with van der Waals surface area (Å²) in [5, 5.41) is 1.21. The number of carbonyl (C=O) groups is 1. The van der Waals surface area contributed by atoms with Crippen LogP contribution in [0.25, 0.3) is 10.9 Å². The highest BCUT2D eigenvalue weighted by Crippen LogP contribution is 2.33. The summed E-state index contributed by atoms with van der Waals surface area (Å²) in [5.41, 5.74) is 7.30. The molecule has 1 heterocycles. The van der Waals surface area contributed by atoms with Gasteiger partial charge in [0.05, 0.1) is 12.7 Å². The molecular weight excluding hydrogens is 310 g/mol. The summed E-state index contributed by atoms with van der Waals surface area (Å²) in [7, 11) is 1.44. The molecule has 3 heteroatoms. The highest BCUT2D eigenvalue weighted by Gasteiger charge is 2.21. The molecule has 25 heavy (non-hydrogen) atoms. The summed E-state index contributed by atoms with van der Waals surface area (Å²) in [6.45, 7) is 2.99. The molecule has 1 aliphatic carbocycles. The molecule has 3 aromatic rings. The number of esters is 1. The largest absolute Gasteiger partial charge is 0.465 e. The van der Waals surface area contributed by atoms with Crippen LogP contribution in [0.3, 0.4) is 0 Å². The predicted octanol–water partition coefficient (Wildman–Crippen LogP) is 4.66. The smallest absolute Gasteiger partial charge is 0.337 e. The average Bonchev–Trinajstić information content (AvgIpc) is 2.96. The van der Waals surface area contributed by atoms with Crippen LogP contribution in [0, 0.1) is 6.92 Å². The first-order valence-electron chi connectivity index (χ1n) is 8.95. The minimum absolute atomic E-state index is 0.266. The molecule has 2 aromatic carbocycles. The van der Waals surface area contributed by atoms with Crippen LogP contribution in [0.4, 0.5) is 0 Å². The molecule has 0 N–H and O–H groups in total. The van der Waals surface area contributed by atoms with Gasteiger partial charge in [-0.2, -0.15) is 0 Å². The first kappa shape index (κ1) is 15.9. The van der Waals surface area contributed by atoms with Crippen molar-refractivity contribution in [2.45, 2.75) is 39.2 Å². The fraction of sp³-hybridized carbons (Fsp3) is 0.318. The molecule has 0 unspecified atom stereocenters. The molecule has 0 amide bonds. The fourth-order valence-electron chi connectivity index (χ4n) is 3.94. The van der Waals surface area contributed by atoms with Crippen molar-refractivity contribution in [1.29, 1.82) is 0 Å². The van der Waals surface area contributed by atoms with Gasteiger partial charge in [0.1, 0.15) is 0 Å². The number of benzene rings is 2. The van der Waals surface area contributed by atoms with Crippen LogP contribution >= 0.6 is 0 Å². The van der Waals surface area contributed by atoms with Gasteiger partial charge in [-0.1, -0.05) is 29.8 Å². The van der Waals surface area contributed by atoms with Gasteiger partial charge in [-0.05, 0) is 61.9 Å². The van der Waals surface area contributed by atoms with E-state index in [1.807, 2.05) is 12.1 Å². The first-order valence-corrected chi connectivity index (χ1v) is 8.95. The molecular formula is C22H23NO2. The molecule has 0 bridgehead atoms.